The molecule has 1 fully saturated rings. The van der Waals surface area contributed by atoms with Gasteiger partial charge in [-0.25, -0.2) is 9.37 Å². The summed E-state index contributed by atoms with van der Waals surface area (Å²) in [5, 5.41) is 18.0. The molecule has 0 atom stereocenters. The molecule has 0 radical (unpaired) electrons. The van der Waals surface area contributed by atoms with Gasteiger partial charge in [-0.2, -0.15) is 10.4 Å². The number of anilines is 1. The number of benzene rings is 2. The van der Waals surface area contributed by atoms with E-state index in [0.29, 0.717) is 17.0 Å². The molecule has 0 unspecified atom stereocenters. The number of rotatable bonds is 3. The first-order valence-electron chi connectivity index (χ1n) is 10.6. The number of halogens is 1. The van der Waals surface area contributed by atoms with Gasteiger partial charge in [0.25, 0.3) is 0 Å². The third-order valence-electron chi connectivity index (χ3n) is 5.68. The van der Waals surface area contributed by atoms with Crippen molar-refractivity contribution in [2.24, 2.45) is 7.05 Å². The minimum atomic E-state index is -0.567. The monoisotopic (exact) mass is 427 g/mol. The van der Waals surface area contributed by atoms with Crippen molar-refractivity contribution in [3.8, 4) is 28.6 Å². The number of fused-ring (bicyclic) bond motifs is 1. The fourth-order valence-corrected chi connectivity index (χ4v) is 4.06. The average Bonchev–Trinajstić information content (AvgIpc) is 2.98. The van der Waals surface area contributed by atoms with E-state index in [-0.39, 0.29) is 5.56 Å². The van der Waals surface area contributed by atoms with E-state index in [4.69, 9.17) is 15.2 Å². The molecule has 1 aliphatic rings. The highest BCUT2D eigenvalue weighted by atomic mass is 19.1. The van der Waals surface area contributed by atoms with Gasteiger partial charge in [-0.15, -0.1) is 0 Å². The number of hydrogen-bond acceptors (Lipinski definition) is 6. The zero-order chi connectivity index (χ0) is 22.1. The second-order valence-corrected chi connectivity index (χ2v) is 7.90. The van der Waals surface area contributed by atoms with E-state index in [0.717, 1.165) is 54.9 Å². The first-order chi connectivity index (χ1) is 15.6. The summed E-state index contributed by atoms with van der Waals surface area (Å²) < 4.78 is 16.3. The number of hydrogen-bond donors (Lipinski definition) is 1. The predicted octanol–water partition coefficient (Wildman–Crippen LogP) is 3.51. The van der Waals surface area contributed by atoms with E-state index in [1.165, 1.54) is 12.1 Å². The van der Waals surface area contributed by atoms with Crippen molar-refractivity contribution in [2.75, 3.05) is 31.1 Å². The minimum Gasteiger partial charge on any atom is -0.354 e. The Labute approximate surface area is 185 Å². The molecule has 2 aromatic heterocycles. The minimum absolute atomic E-state index is 0.00733. The molecule has 0 bridgehead atoms. The standard InChI is InChI=1S/C24H22FN7/c1-31-15-19-6-4-17(12-21(19)30-31)23-24(16-3-5-18(13-26)20(25)11-16)29-22(14-28-23)32-9-2-7-27-8-10-32/h3-6,11-12,14-15,27H,2,7-10H2,1H3. The average molecular weight is 427 g/mol. The maximum absolute atomic E-state index is 14.5. The summed E-state index contributed by atoms with van der Waals surface area (Å²) >= 11 is 0. The van der Waals surface area contributed by atoms with Crippen LogP contribution in [0.2, 0.25) is 0 Å². The summed E-state index contributed by atoms with van der Waals surface area (Å²) in [6, 6.07) is 12.4. The van der Waals surface area contributed by atoms with Crippen molar-refractivity contribution < 1.29 is 4.39 Å². The molecule has 32 heavy (non-hydrogen) atoms. The van der Waals surface area contributed by atoms with Crippen molar-refractivity contribution in [2.45, 2.75) is 6.42 Å². The molecule has 3 heterocycles. The first kappa shape index (κ1) is 20.1. The second-order valence-electron chi connectivity index (χ2n) is 7.90. The summed E-state index contributed by atoms with van der Waals surface area (Å²) in [6.07, 6.45) is 4.76. The highest BCUT2D eigenvalue weighted by molar-refractivity contribution is 5.87. The van der Waals surface area contributed by atoms with E-state index in [2.05, 4.69) is 15.3 Å². The molecule has 4 aromatic rings. The smallest absolute Gasteiger partial charge is 0.147 e. The third kappa shape index (κ3) is 3.79. The Morgan fingerprint density at radius 2 is 1.91 bits per heavy atom. The molecule has 7 nitrogen and oxygen atoms in total. The molecule has 5 rings (SSSR count). The fraction of sp³-hybridized carbons (Fsp3) is 0.250. The zero-order valence-electron chi connectivity index (χ0n) is 17.7. The van der Waals surface area contributed by atoms with Crippen LogP contribution < -0.4 is 10.2 Å². The molecule has 0 amide bonds. The summed E-state index contributed by atoms with van der Waals surface area (Å²) in [5.74, 6) is 0.193. The second kappa shape index (κ2) is 8.36. The third-order valence-corrected chi connectivity index (χ3v) is 5.68. The van der Waals surface area contributed by atoms with Crippen molar-refractivity contribution >= 4 is 16.7 Å². The van der Waals surface area contributed by atoms with E-state index >= 15 is 0 Å². The lowest BCUT2D eigenvalue weighted by atomic mass is 10.0. The van der Waals surface area contributed by atoms with Crippen molar-refractivity contribution in [1.29, 1.82) is 5.26 Å². The van der Waals surface area contributed by atoms with Gasteiger partial charge in [0.1, 0.15) is 17.7 Å². The molecule has 0 aliphatic carbocycles. The first-order valence-corrected chi connectivity index (χ1v) is 10.6. The van der Waals surface area contributed by atoms with Gasteiger partial charge in [-0.05, 0) is 31.2 Å². The lowest BCUT2D eigenvalue weighted by molar-refractivity contribution is 0.624. The number of nitrogens with one attached hydrogen (secondary N) is 1. The largest absolute Gasteiger partial charge is 0.354 e. The van der Waals surface area contributed by atoms with E-state index in [1.807, 2.05) is 37.5 Å². The molecule has 0 spiro atoms. The maximum atomic E-state index is 14.5. The van der Waals surface area contributed by atoms with Gasteiger partial charge >= 0.3 is 0 Å². The van der Waals surface area contributed by atoms with E-state index in [9.17, 15) is 4.39 Å². The Hall–Kier alpha value is -3.83. The summed E-state index contributed by atoms with van der Waals surface area (Å²) in [4.78, 5) is 11.9. The Kier molecular flexibility index (Phi) is 5.25. The van der Waals surface area contributed by atoms with Crippen LogP contribution in [0.3, 0.4) is 0 Å². The Balaban J connectivity index is 1.66. The SMILES string of the molecule is Cn1cc2ccc(-c3ncc(N4CCCNCC4)nc3-c3ccc(C#N)c(F)c3)cc2n1. The lowest BCUT2D eigenvalue weighted by Crippen LogP contribution is -2.28. The number of aromatic nitrogens is 4. The van der Waals surface area contributed by atoms with E-state index < -0.39 is 5.82 Å². The van der Waals surface area contributed by atoms with Gasteiger partial charge < -0.3 is 10.2 Å². The molecule has 2 aromatic carbocycles. The van der Waals surface area contributed by atoms with Crippen LogP contribution in [-0.4, -0.2) is 45.9 Å². The molecule has 0 saturated carbocycles. The van der Waals surface area contributed by atoms with E-state index in [1.54, 1.807) is 16.9 Å². The molecular weight excluding hydrogens is 405 g/mol. The van der Waals surface area contributed by atoms with Crippen LogP contribution in [0, 0.1) is 17.1 Å². The number of nitrogens with zero attached hydrogens (tertiary/aromatic N) is 6. The summed E-state index contributed by atoms with van der Waals surface area (Å²) in [5.41, 5.74) is 3.53. The summed E-state index contributed by atoms with van der Waals surface area (Å²) in [6.45, 7) is 3.55. The van der Waals surface area contributed by atoms with Crippen LogP contribution in [0.25, 0.3) is 33.4 Å². The number of aryl methyl sites for hydroxylation is 1. The maximum Gasteiger partial charge on any atom is 0.147 e. The molecule has 160 valence electrons. The van der Waals surface area contributed by atoms with Gasteiger partial charge in [0.2, 0.25) is 0 Å². The van der Waals surface area contributed by atoms with Gasteiger partial charge in [-0.1, -0.05) is 18.2 Å². The molecular formula is C24H22FN7. The number of nitriles is 1. The van der Waals surface area contributed by atoms with Crippen LogP contribution in [0.4, 0.5) is 10.2 Å². The topological polar surface area (TPSA) is 82.7 Å². The van der Waals surface area contributed by atoms with Gasteiger partial charge in [0.15, 0.2) is 0 Å². The van der Waals surface area contributed by atoms with Crippen molar-refractivity contribution in [3.63, 3.8) is 0 Å². The van der Waals surface area contributed by atoms with Crippen molar-refractivity contribution in [3.05, 3.63) is 60.2 Å². The molecule has 1 N–H and O–H groups in total. The van der Waals surface area contributed by atoms with Crippen LogP contribution in [-0.2, 0) is 7.05 Å². The summed E-state index contributed by atoms with van der Waals surface area (Å²) in [7, 11) is 1.88. The van der Waals surface area contributed by atoms with Crippen LogP contribution in [0.1, 0.15) is 12.0 Å². The molecule has 8 heteroatoms. The Morgan fingerprint density at radius 3 is 2.75 bits per heavy atom. The fourth-order valence-electron chi connectivity index (χ4n) is 4.06. The quantitative estimate of drug-likeness (QED) is 0.539. The van der Waals surface area contributed by atoms with Crippen LogP contribution >= 0.6 is 0 Å². The van der Waals surface area contributed by atoms with Gasteiger partial charge in [-0.3, -0.25) is 9.67 Å². The van der Waals surface area contributed by atoms with Crippen LogP contribution in [0.5, 0.6) is 0 Å². The molecule has 1 aliphatic heterocycles. The zero-order valence-corrected chi connectivity index (χ0v) is 17.7. The highest BCUT2D eigenvalue weighted by Crippen LogP contribution is 2.33. The van der Waals surface area contributed by atoms with Gasteiger partial charge in [0, 0.05) is 49.4 Å². The van der Waals surface area contributed by atoms with Gasteiger partial charge in [0.05, 0.1) is 28.7 Å². The normalized spacial score (nSPS) is 14.3. The lowest BCUT2D eigenvalue weighted by Gasteiger charge is -2.22. The van der Waals surface area contributed by atoms with Crippen LogP contribution in [0.15, 0.2) is 48.8 Å². The Bertz CT molecular complexity index is 1330. The molecule has 1 saturated heterocycles. The van der Waals surface area contributed by atoms with Crippen molar-refractivity contribution in [1.82, 2.24) is 25.1 Å². The highest BCUT2D eigenvalue weighted by Gasteiger charge is 2.18. The Morgan fingerprint density at radius 1 is 1.06 bits per heavy atom. The predicted molar refractivity (Wildman–Crippen MR) is 122 cm³/mol.